The van der Waals surface area contributed by atoms with Gasteiger partial charge in [-0.1, -0.05) is 58.0 Å². The maximum absolute atomic E-state index is 14.4. The molecule has 8 nitrogen and oxygen atoms in total. The molecule has 0 spiro atoms. The molecule has 1 saturated carbocycles. The average Bonchev–Trinajstić information content (AvgIpc) is 2.89. The third kappa shape index (κ3) is 4.21. The fraction of sp³-hybridized carbons (Fsp3) is 0.429. The smallest absolute Gasteiger partial charge is 0.203 e. The first kappa shape index (κ1) is 30.4. The number of ketones is 4. The zero-order valence-corrected chi connectivity index (χ0v) is 25.4. The minimum atomic E-state index is -2.64. The second-order valence-electron chi connectivity index (χ2n) is 13.3. The number of phenols is 1. The van der Waals surface area contributed by atoms with Gasteiger partial charge in [0.05, 0.1) is 5.56 Å². The van der Waals surface area contributed by atoms with Crippen LogP contribution >= 0.6 is 0 Å². The van der Waals surface area contributed by atoms with Crippen molar-refractivity contribution in [1.82, 2.24) is 0 Å². The number of aliphatic hydroxyl groups excluding tert-OH is 2. The fourth-order valence-corrected chi connectivity index (χ4v) is 8.16. The molecule has 1 unspecified atom stereocenters. The van der Waals surface area contributed by atoms with Gasteiger partial charge in [0.1, 0.15) is 28.6 Å². The number of Topliss-reactive ketones (excluding diaryl/α,β-unsaturated/α-hetero) is 4. The second-order valence-corrected chi connectivity index (χ2v) is 13.3. The van der Waals surface area contributed by atoms with E-state index in [0.29, 0.717) is 18.4 Å². The number of carbonyl (C=O) groups is 4. The highest BCUT2D eigenvalue weighted by Gasteiger charge is 2.72. The molecule has 0 aromatic heterocycles. The first-order chi connectivity index (χ1) is 20.0. The lowest BCUT2D eigenvalue weighted by molar-refractivity contribution is -0.178. The predicted molar refractivity (Wildman–Crippen MR) is 160 cm³/mol. The largest absolute Gasteiger partial charge is 0.508 e. The summed E-state index contributed by atoms with van der Waals surface area (Å²) in [6.07, 6.45) is 1.27. The van der Waals surface area contributed by atoms with Crippen LogP contribution in [-0.2, 0) is 32.0 Å². The molecule has 0 radical (unpaired) electrons. The molecule has 0 amide bonds. The van der Waals surface area contributed by atoms with Gasteiger partial charge in [-0.3, -0.25) is 14.4 Å². The topological polar surface area (TPSA) is 149 Å². The normalized spacial score (nSPS) is 28.5. The second kappa shape index (κ2) is 10.0. The highest BCUT2D eigenvalue weighted by Crippen LogP contribution is 2.65. The summed E-state index contributed by atoms with van der Waals surface area (Å²) in [4.78, 5) is 52.0. The number of aryl methyl sites for hydroxylation is 1. The van der Waals surface area contributed by atoms with Crippen molar-refractivity contribution in [2.75, 3.05) is 0 Å². The van der Waals surface area contributed by atoms with Gasteiger partial charge in [-0.05, 0) is 67.3 Å². The summed E-state index contributed by atoms with van der Waals surface area (Å²) >= 11 is 0. The van der Waals surface area contributed by atoms with E-state index in [4.69, 9.17) is 0 Å². The van der Waals surface area contributed by atoms with Gasteiger partial charge < -0.3 is 25.2 Å². The van der Waals surface area contributed by atoms with Crippen LogP contribution in [0.15, 0.2) is 53.3 Å². The summed E-state index contributed by atoms with van der Waals surface area (Å²) in [5, 5.41) is 46.1. The van der Waals surface area contributed by atoms with Crippen LogP contribution in [0.25, 0.3) is 16.9 Å². The van der Waals surface area contributed by atoms with E-state index in [1.165, 1.54) is 6.07 Å². The molecular formula is C35H38O8. The Morgan fingerprint density at radius 1 is 0.977 bits per heavy atom. The summed E-state index contributed by atoms with van der Waals surface area (Å²) in [7, 11) is 0. The van der Waals surface area contributed by atoms with Crippen molar-refractivity contribution >= 4 is 28.9 Å². The summed E-state index contributed by atoms with van der Waals surface area (Å²) in [6.45, 7) is 9.58. The van der Waals surface area contributed by atoms with Crippen LogP contribution in [0.5, 0.6) is 5.75 Å². The van der Waals surface area contributed by atoms with Crippen molar-refractivity contribution in [1.29, 1.82) is 0 Å². The molecule has 0 saturated heterocycles. The van der Waals surface area contributed by atoms with Crippen LogP contribution in [0, 0.1) is 22.7 Å². The van der Waals surface area contributed by atoms with Gasteiger partial charge >= 0.3 is 0 Å². The molecule has 0 heterocycles. The first-order valence-electron chi connectivity index (χ1n) is 14.6. The number of rotatable bonds is 6. The Morgan fingerprint density at radius 3 is 2.16 bits per heavy atom. The van der Waals surface area contributed by atoms with Crippen LogP contribution in [0.4, 0.5) is 0 Å². The molecule has 4 atom stereocenters. The van der Waals surface area contributed by atoms with Crippen LogP contribution in [0.3, 0.4) is 0 Å². The van der Waals surface area contributed by atoms with Crippen molar-refractivity contribution in [2.45, 2.75) is 72.8 Å². The molecule has 1 fully saturated rings. The van der Waals surface area contributed by atoms with Crippen LogP contribution in [-0.4, -0.2) is 49.2 Å². The molecule has 0 aliphatic heterocycles. The molecular weight excluding hydrogens is 548 g/mol. The summed E-state index contributed by atoms with van der Waals surface area (Å²) in [6, 6.07) is 10.9. The molecule has 3 aliphatic rings. The number of allylic oxidation sites excluding steroid dienone is 1. The van der Waals surface area contributed by atoms with Crippen LogP contribution in [0.1, 0.15) is 71.1 Å². The van der Waals surface area contributed by atoms with Gasteiger partial charge in [-0.2, -0.15) is 0 Å². The number of aliphatic hydroxyl groups is 3. The van der Waals surface area contributed by atoms with Gasteiger partial charge in [0, 0.05) is 28.7 Å². The number of aromatic hydroxyl groups is 1. The van der Waals surface area contributed by atoms with Crippen molar-refractivity contribution < 1.29 is 39.6 Å². The van der Waals surface area contributed by atoms with Gasteiger partial charge in [-0.15, -0.1) is 0 Å². The molecule has 0 bridgehead atoms. The zero-order chi connectivity index (χ0) is 31.8. The maximum Gasteiger partial charge on any atom is 0.203 e. The zero-order valence-electron chi connectivity index (χ0n) is 25.4. The van der Waals surface area contributed by atoms with E-state index in [-0.39, 0.29) is 41.4 Å². The number of hydrogen-bond donors (Lipinski definition) is 4. The third-order valence-electron chi connectivity index (χ3n) is 9.92. The molecule has 8 heteroatoms. The number of fused-ring (bicyclic) bond motifs is 3. The molecule has 3 aliphatic carbocycles. The monoisotopic (exact) mass is 586 g/mol. The summed E-state index contributed by atoms with van der Waals surface area (Å²) in [5.74, 6) is -5.34. The maximum atomic E-state index is 14.4. The highest BCUT2D eigenvalue weighted by molar-refractivity contribution is 6.24. The van der Waals surface area contributed by atoms with E-state index in [2.05, 4.69) is 0 Å². The molecule has 5 rings (SSSR count). The fourth-order valence-electron chi connectivity index (χ4n) is 8.16. The molecule has 226 valence electrons. The SMILES string of the molecule is CC(=O)CCc1ccc(-c2ccc(O)c3c2C[C@]2(C)C[C@]4(C)C(C(C)C)C(=O)C(C(C)=O)=C(O)[C@]4(O)C(=O)C2=C3O)cc1. The van der Waals surface area contributed by atoms with Crippen molar-refractivity contribution in [3.8, 4) is 16.9 Å². The van der Waals surface area contributed by atoms with Crippen molar-refractivity contribution in [2.24, 2.45) is 22.7 Å². The number of benzene rings is 2. The van der Waals surface area contributed by atoms with Gasteiger partial charge in [0.2, 0.25) is 5.78 Å². The minimum Gasteiger partial charge on any atom is -0.508 e. The van der Waals surface area contributed by atoms with E-state index in [1.807, 2.05) is 24.3 Å². The number of hydrogen-bond acceptors (Lipinski definition) is 8. The van der Waals surface area contributed by atoms with Crippen LogP contribution in [0.2, 0.25) is 0 Å². The quantitative estimate of drug-likeness (QED) is 0.330. The van der Waals surface area contributed by atoms with Crippen molar-refractivity contribution in [3.05, 3.63) is 70.0 Å². The Kier molecular flexibility index (Phi) is 7.08. The minimum absolute atomic E-state index is 0.0317. The van der Waals surface area contributed by atoms with E-state index in [9.17, 15) is 39.6 Å². The first-order valence-corrected chi connectivity index (χ1v) is 14.6. The van der Waals surface area contributed by atoms with Gasteiger partial charge in [0.15, 0.2) is 17.2 Å². The van der Waals surface area contributed by atoms with Crippen LogP contribution < -0.4 is 0 Å². The Bertz CT molecular complexity index is 1660. The lowest BCUT2D eigenvalue weighted by Gasteiger charge is -2.59. The van der Waals surface area contributed by atoms with E-state index < -0.39 is 56.8 Å². The molecule has 43 heavy (non-hydrogen) atoms. The lowest BCUT2D eigenvalue weighted by atomic mass is 9.43. The molecule has 2 aromatic rings. The Morgan fingerprint density at radius 2 is 1.60 bits per heavy atom. The van der Waals surface area contributed by atoms with E-state index in [0.717, 1.165) is 23.6 Å². The average molecular weight is 587 g/mol. The van der Waals surface area contributed by atoms with Crippen molar-refractivity contribution in [3.63, 3.8) is 0 Å². The number of phenolic OH excluding ortho intramolecular Hbond substituents is 1. The van der Waals surface area contributed by atoms with Gasteiger partial charge in [-0.25, -0.2) is 0 Å². The predicted octanol–water partition coefficient (Wildman–Crippen LogP) is 5.38. The molecule has 2 aromatic carbocycles. The van der Waals surface area contributed by atoms with Gasteiger partial charge in [0.25, 0.3) is 0 Å². The Hall–Kier alpha value is -4.04. The van der Waals surface area contributed by atoms with E-state index >= 15 is 0 Å². The summed E-state index contributed by atoms with van der Waals surface area (Å²) < 4.78 is 0. The van der Waals surface area contributed by atoms with E-state index in [1.54, 1.807) is 40.7 Å². The Labute approximate surface area is 250 Å². The third-order valence-corrected chi connectivity index (χ3v) is 9.92. The highest BCUT2D eigenvalue weighted by atomic mass is 16.3. The Balaban J connectivity index is 1.72. The summed E-state index contributed by atoms with van der Waals surface area (Å²) in [5.41, 5.74) is -2.78. The standard InChI is InChI=1S/C35H38O8/c1-17(2)27-29(39)25(19(4)37)31(41)35(43)32(42)28-30(40)26-23(15-33(28,5)16-34(27,35)6)22(13-14-24(26)38)21-11-9-20(10-12-21)8-7-18(3)36/h9-14,17,27,38,40-41,43H,7-8,15-16H2,1-6H3/t27?,33-,34-,35+/m1/s1. The molecule has 4 N–H and O–H groups in total. The number of carbonyl (C=O) groups excluding carboxylic acids is 4. The lowest BCUT2D eigenvalue weighted by Crippen LogP contribution is -2.69.